The van der Waals surface area contributed by atoms with Crippen molar-refractivity contribution in [1.29, 1.82) is 0 Å². The number of fused-ring (bicyclic) bond motifs is 1. The van der Waals surface area contributed by atoms with Gasteiger partial charge in [-0.3, -0.25) is 4.79 Å². The molecule has 2 aromatic rings. The van der Waals surface area contributed by atoms with E-state index in [1.165, 1.54) is 5.56 Å². The van der Waals surface area contributed by atoms with E-state index in [2.05, 4.69) is 51.5 Å². The normalized spacial score (nSPS) is 17.1. The summed E-state index contributed by atoms with van der Waals surface area (Å²) in [6, 6.07) is 14.2. The molecule has 1 aliphatic heterocycles. The van der Waals surface area contributed by atoms with E-state index in [-0.39, 0.29) is 11.9 Å². The zero-order valence-corrected chi connectivity index (χ0v) is 14.7. The quantitative estimate of drug-likeness (QED) is 0.590. The molecule has 0 N–H and O–H groups in total. The summed E-state index contributed by atoms with van der Waals surface area (Å²) in [6.45, 7) is 2.10. The minimum absolute atomic E-state index is 0.0770. The lowest BCUT2D eigenvalue weighted by molar-refractivity contribution is 0.0980. The molecule has 0 radical (unpaired) electrons. The van der Waals surface area contributed by atoms with Crippen molar-refractivity contribution < 1.29 is 4.79 Å². The molecule has 3 rings (SSSR count). The average molecular weight is 442 g/mol. The Balaban J connectivity index is 2.05. The maximum atomic E-state index is 12.9. The molecular formula is C16H13BrINO. The fourth-order valence-corrected chi connectivity index (χ4v) is 3.59. The van der Waals surface area contributed by atoms with Crippen molar-refractivity contribution in [2.24, 2.45) is 0 Å². The molecule has 0 aromatic heterocycles. The van der Waals surface area contributed by atoms with E-state index >= 15 is 0 Å². The maximum absolute atomic E-state index is 12.9. The summed E-state index contributed by atoms with van der Waals surface area (Å²) in [5.74, 6) is 0.0770. The second-order valence-corrected chi connectivity index (χ2v) is 7.06. The molecule has 20 heavy (non-hydrogen) atoms. The molecule has 2 nitrogen and oxygen atoms in total. The van der Waals surface area contributed by atoms with Gasteiger partial charge in [0.2, 0.25) is 0 Å². The Kier molecular flexibility index (Phi) is 3.86. The molecule has 0 fully saturated rings. The lowest BCUT2D eigenvalue weighted by Gasteiger charge is -2.23. The minimum atomic E-state index is 0.0770. The number of halogens is 2. The molecule has 2 aromatic carbocycles. The summed E-state index contributed by atoms with van der Waals surface area (Å²) in [5, 5.41) is 0. The lowest BCUT2D eigenvalue weighted by atomic mass is 10.1. The van der Waals surface area contributed by atoms with Crippen molar-refractivity contribution in [2.75, 3.05) is 4.90 Å². The summed E-state index contributed by atoms with van der Waals surface area (Å²) in [4.78, 5) is 14.8. The van der Waals surface area contributed by atoms with Gasteiger partial charge >= 0.3 is 0 Å². The molecule has 0 aliphatic carbocycles. The predicted octanol–water partition coefficient (Wildman–Crippen LogP) is 4.65. The highest BCUT2D eigenvalue weighted by Crippen LogP contribution is 2.34. The first kappa shape index (κ1) is 14.1. The molecule has 0 spiro atoms. The molecule has 4 heteroatoms. The SMILES string of the molecule is CC1Cc2ccccc2N1C(=O)c1cc(Br)ccc1I. The summed E-state index contributed by atoms with van der Waals surface area (Å²) in [5.41, 5.74) is 3.04. The zero-order chi connectivity index (χ0) is 14.3. The Morgan fingerprint density at radius 2 is 2.05 bits per heavy atom. The summed E-state index contributed by atoms with van der Waals surface area (Å²) in [6.07, 6.45) is 0.923. The highest BCUT2D eigenvalue weighted by Gasteiger charge is 2.31. The zero-order valence-electron chi connectivity index (χ0n) is 10.9. The Hall–Kier alpha value is -0.880. The highest BCUT2D eigenvalue weighted by molar-refractivity contribution is 14.1. The van der Waals surface area contributed by atoms with Crippen LogP contribution in [0.3, 0.4) is 0 Å². The van der Waals surface area contributed by atoms with Crippen LogP contribution in [0.2, 0.25) is 0 Å². The standard InChI is InChI=1S/C16H13BrINO/c1-10-8-11-4-2-3-5-15(11)19(10)16(20)13-9-12(17)6-7-14(13)18/h2-7,9-10H,8H2,1H3. The topological polar surface area (TPSA) is 20.3 Å². The molecule has 1 aliphatic rings. The molecule has 1 amide bonds. The van der Waals surface area contributed by atoms with Gasteiger partial charge in [-0.2, -0.15) is 0 Å². The van der Waals surface area contributed by atoms with Gasteiger partial charge in [0, 0.05) is 19.8 Å². The van der Waals surface area contributed by atoms with Crippen LogP contribution in [-0.4, -0.2) is 11.9 Å². The first-order valence-corrected chi connectivity index (χ1v) is 8.31. The van der Waals surface area contributed by atoms with Gasteiger partial charge in [0.1, 0.15) is 0 Å². The predicted molar refractivity (Wildman–Crippen MR) is 93.3 cm³/mol. The number of benzene rings is 2. The van der Waals surface area contributed by atoms with Crippen LogP contribution in [0, 0.1) is 3.57 Å². The van der Waals surface area contributed by atoms with E-state index in [1.807, 2.05) is 41.3 Å². The average Bonchev–Trinajstić information content (AvgIpc) is 2.76. The molecule has 1 heterocycles. The fourth-order valence-electron chi connectivity index (χ4n) is 2.67. The second kappa shape index (κ2) is 5.48. The second-order valence-electron chi connectivity index (χ2n) is 4.98. The van der Waals surface area contributed by atoms with Crippen molar-refractivity contribution in [3.05, 3.63) is 61.6 Å². The fraction of sp³-hybridized carbons (Fsp3) is 0.188. The number of rotatable bonds is 1. The van der Waals surface area contributed by atoms with Gasteiger partial charge in [-0.1, -0.05) is 34.1 Å². The van der Waals surface area contributed by atoms with E-state index in [4.69, 9.17) is 0 Å². The van der Waals surface area contributed by atoms with E-state index < -0.39 is 0 Å². The maximum Gasteiger partial charge on any atom is 0.259 e. The highest BCUT2D eigenvalue weighted by atomic mass is 127. The van der Waals surface area contributed by atoms with Gasteiger partial charge in [-0.25, -0.2) is 0 Å². The Labute approximate surface area is 140 Å². The molecule has 1 atom stereocenters. The van der Waals surface area contributed by atoms with E-state index in [1.54, 1.807) is 0 Å². The number of anilines is 1. The number of amides is 1. The van der Waals surface area contributed by atoms with Crippen LogP contribution in [0.25, 0.3) is 0 Å². The van der Waals surface area contributed by atoms with Crippen LogP contribution in [0.15, 0.2) is 46.9 Å². The molecule has 102 valence electrons. The van der Waals surface area contributed by atoms with Crippen LogP contribution < -0.4 is 4.90 Å². The summed E-state index contributed by atoms with van der Waals surface area (Å²) < 4.78 is 1.91. The third-order valence-electron chi connectivity index (χ3n) is 3.58. The molecule has 1 unspecified atom stereocenters. The van der Waals surface area contributed by atoms with Crippen LogP contribution in [0.5, 0.6) is 0 Å². The van der Waals surface area contributed by atoms with E-state index in [0.29, 0.717) is 0 Å². The summed E-state index contributed by atoms with van der Waals surface area (Å²) >= 11 is 5.66. The number of nitrogens with zero attached hydrogens (tertiary/aromatic N) is 1. The van der Waals surface area contributed by atoms with E-state index in [9.17, 15) is 4.79 Å². The monoisotopic (exact) mass is 441 g/mol. The molecule has 0 bridgehead atoms. The van der Waals surface area contributed by atoms with Crippen molar-refractivity contribution in [3.8, 4) is 0 Å². The lowest BCUT2D eigenvalue weighted by Crippen LogP contribution is -2.36. The number of carbonyl (C=O) groups excluding carboxylic acids is 1. The van der Waals surface area contributed by atoms with Gasteiger partial charge in [-0.15, -0.1) is 0 Å². The number of carbonyl (C=O) groups is 1. The number of para-hydroxylation sites is 1. The van der Waals surface area contributed by atoms with Gasteiger partial charge in [0.05, 0.1) is 5.56 Å². The third-order valence-corrected chi connectivity index (χ3v) is 5.02. The van der Waals surface area contributed by atoms with Gasteiger partial charge in [-0.05, 0) is 65.8 Å². The first-order chi connectivity index (χ1) is 9.58. The smallest absolute Gasteiger partial charge is 0.259 e. The van der Waals surface area contributed by atoms with E-state index in [0.717, 1.165) is 25.7 Å². The van der Waals surface area contributed by atoms with Crippen molar-refractivity contribution in [1.82, 2.24) is 0 Å². The van der Waals surface area contributed by atoms with Crippen molar-refractivity contribution in [2.45, 2.75) is 19.4 Å². The molecule has 0 saturated heterocycles. The first-order valence-electron chi connectivity index (χ1n) is 6.44. The Morgan fingerprint density at radius 1 is 1.30 bits per heavy atom. The van der Waals surface area contributed by atoms with Gasteiger partial charge in [0.25, 0.3) is 5.91 Å². The van der Waals surface area contributed by atoms with Gasteiger partial charge in [0.15, 0.2) is 0 Å². The number of hydrogen-bond donors (Lipinski definition) is 0. The van der Waals surface area contributed by atoms with Crippen LogP contribution in [0.4, 0.5) is 5.69 Å². The van der Waals surface area contributed by atoms with Crippen molar-refractivity contribution in [3.63, 3.8) is 0 Å². The molecular weight excluding hydrogens is 429 g/mol. The number of hydrogen-bond acceptors (Lipinski definition) is 1. The van der Waals surface area contributed by atoms with Crippen molar-refractivity contribution >= 4 is 50.1 Å². The van der Waals surface area contributed by atoms with Gasteiger partial charge < -0.3 is 4.90 Å². The molecule has 0 saturated carbocycles. The third kappa shape index (κ3) is 2.39. The Bertz CT molecular complexity index is 686. The van der Waals surface area contributed by atoms with Crippen LogP contribution in [-0.2, 0) is 6.42 Å². The van der Waals surface area contributed by atoms with Crippen LogP contribution in [0.1, 0.15) is 22.8 Å². The minimum Gasteiger partial charge on any atom is -0.305 e. The largest absolute Gasteiger partial charge is 0.305 e. The Morgan fingerprint density at radius 3 is 2.85 bits per heavy atom. The summed E-state index contributed by atoms with van der Waals surface area (Å²) in [7, 11) is 0. The van der Waals surface area contributed by atoms with Crippen LogP contribution >= 0.6 is 38.5 Å².